The van der Waals surface area contributed by atoms with Gasteiger partial charge in [0, 0.05) is 14.1 Å². The molecule has 4 heteroatoms. The van der Waals surface area contributed by atoms with Crippen LogP contribution in [0, 0.1) is 10.3 Å². The third kappa shape index (κ3) is 4.12. The van der Waals surface area contributed by atoms with Gasteiger partial charge >= 0.3 is 0 Å². The van der Waals surface area contributed by atoms with Gasteiger partial charge in [-0.15, -0.1) is 0 Å². The lowest BCUT2D eigenvalue weighted by atomic mass is 10.4. The summed E-state index contributed by atoms with van der Waals surface area (Å²) in [6.07, 6.45) is 1.39. The van der Waals surface area contributed by atoms with Crippen molar-refractivity contribution in [2.24, 2.45) is 0 Å². The molecule has 0 aliphatic carbocycles. The van der Waals surface area contributed by atoms with Crippen molar-refractivity contribution in [1.82, 2.24) is 0 Å². The SMILES string of the molecule is N=P(CCP(=N)(c1ccccc1)c1ccccc1)(c1ccccc1)c1ccccc1. The first-order valence-corrected chi connectivity index (χ1v) is 14.1. The first kappa shape index (κ1) is 20.6. The Balaban J connectivity index is 1.78. The lowest BCUT2D eigenvalue weighted by molar-refractivity contribution is 1.41. The Bertz CT molecular complexity index is 991. The summed E-state index contributed by atoms with van der Waals surface area (Å²) in [6, 6.07) is 40.9. The Morgan fingerprint density at radius 2 is 0.567 bits per heavy atom. The molecule has 2 N–H and O–H groups in total. The lowest BCUT2D eigenvalue weighted by Crippen LogP contribution is -2.24. The number of nitrogens with one attached hydrogen (secondary N) is 2. The van der Waals surface area contributed by atoms with E-state index in [4.69, 9.17) is 0 Å². The molecule has 30 heavy (non-hydrogen) atoms. The van der Waals surface area contributed by atoms with Gasteiger partial charge in [-0.1, -0.05) is 121 Å². The predicted molar refractivity (Wildman–Crippen MR) is 133 cm³/mol. The summed E-state index contributed by atoms with van der Waals surface area (Å²) in [6.45, 7) is 0. The van der Waals surface area contributed by atoms with Crippen molar-refractivity contribution < 1.29 is 0 Å². The van der Waals surface area contributed by atoms with Crippen LogP contribution < -0.4 is 21.2 Å². The Hall–Kier alpha value is -2.66. The molecule has 0 spiro atoms. The number of hydrogen-bond donors (Lipinski definition) is 2. The summed E-state index contributed by atoms with van der Waals surface area (Å²) in [5, 5.41) is 23.7. The highest BCUT2D eigenvalue weighted by Crippen LogP contribution is 2.51. The van der Waals surface area contributed by atoms with Crippen molar-refractivity contribution in [1.29, 1.82) is 10.3 Å². The molecule has 0 saturated heterocycles. The van der Waals surface area contributed by atoms with E-state index in [1.165, 1.54) is 0 Å². The quantitative estimate of drug-likeness (QED) is 0.347. The van der Waals surface area contributed by atoms with Crippen LogP contribution >= 0.6 is 14.1 Å². The molecule has 4 rings (SSSR count). The predicted octanol–water partition coefficient (Wildman–Crippen LogP) is 5.85. The van der Waals surface area contributed by atoms with Crippen molar-refractivity contribution >= 4 is 35.3 Å². The van der Waals surface area contributed by atoms with Gasteiger partial charge in [-0.2, -0.15) is 0 Å². The summed E-state index contributed by atoms with van der Waals surface area (Å²) >= 11 is 0. The molecule has 0 fully saturated rings. The van der Waals surface area contributed by atoms with Gasteiger partial charge in [-0.3, -0.25) is 0 Å². The van der Waals surface area contributed by atoms with Gasteiger partial charge in [-0.05, 0) is 33.5 Å². The molecule has 4 aromatic rings. The van der Waals surface area contributed by atoms with Crippen LogP contribution in [0.25, 0.3) is 0 Å². The van der Waals surface area contributed by atoms with Gasteiger partial charge in [0.1, 0.15) is 0 Å². The van der Waals surface area contributed by atoms with Crippen LogP contribution in [0.4, 0.5) is 0 Å². The van der Waals surface area contributed by atoms with E-state index in [0.29, 0.717) is 12.3 Å². The fourth-order valence-corrected chi connectivity index (χ4v) is 10.6. The van der Waals surface area contributed by atoms with Gasteiger partial charge in [-0.25, -0.2) is 0 Å². The van der Waals surface area contributed by atoms with Crippen LogP contribution in [-0.2, 0) is 0 Å². The molecule has 0 unspecified atom stereocenters. The molecule has 0 atom stereocenters. The highest BCUT2D eigenvalue weighted by Gasteiger charge is 2.28. The average molecular weight is 428 g/mol. The normalized spacial score (nSPS) is 11.9. The molecule has 150 valence electrons. The molecule has 0 aliphatic heterocycles. The van der Waals surface area contributed by atoms with Crippen molar-refractivity contribution in [3.05, 3.63) is 121 Å². The molecule has 4 aromatic carbocycles. The Morgan fingerprint density at radius 3 is 0.767 bits per heavy atom. The van der Waals surface area contributed by atoms with Gasteiger partial charge in [0.2, 0.25) is 0 Å². The summed E-state index contributed by atoms with van der Waals surface area (Å²) < 4.78 is 0. The van der Waals surface area contributed by atoms with E-state index in [0.717, 1.165) is 21.2 Å². The van der Waals surface area contributed by atoms with E-state index >= 15 is 0 Å². The molecule has 0 heterocycles. The van der Waals surface area contributed by atoms with Crippen molar-refractivity contribution in [3.8, 4) is 0 Å². The fraction of sp³-hybridized carbons (Fsp3) is 0.0769. The van der Waals surface area contributed by atoms with Gasteiger partial charge in [0.05, 0.1) is 0 Å². The standard InChI is InChI=1S/C26H26N2P2/c27-29(23-13-5-1-6-14-23,24-15-7-2-8-16-24)21-22-30(28,25-17-9-3-10-18-25)26-19-11-4-12-20-26/h1-20,27-28H,21-22H2. The maximum atomic E-state index is 9.65. The second kappa shape index (κ2) is 9.00. The van der Waals surface area contributed by atoms with Gasteiger partial charge < -0.3 is 10.3 Å². The summed E-state index contributed by atoms with van der Waals surface area (Å²) in [7, 11) is -4.71. The van der Waals surface area contributed by atoms with Crippen LogP contribution in [0.3, 0.4) is 0 Å². The number of benzene rings is 4. The molecular formula is C26H26N2P2. The van der Waals surface area contributed by atoms with Crippen molar-refractivity contribution in [2.75, 3.05) is 12.3 Å². The first-order valence-electron chi connectivity index (χ1n) is 10.1. The minimum Gasteiger partial charge on any atom is -0.309 e. The third-order valence-electron chi connectivity index (χ3n) is 5.56. The Morgan fingerprint density at radius 1 is 0.367 bits per heavy atom. The minimum absolute atomic E-state index is 0.697. The molecule has 0 saturated carbocycles. The molecular weight excluding hydrogens is 402 g/mol. The van der Waals surface area contributed by atoms with E-state index < -0.39 is 14.1 Å². The van der Waals surface area contributed by atoms with Crippen LogP contribution in [0.5, 0.6) is 0 Å². The van der Waals surface area contributed by atoms with Gasteiger partial charge in [0.15, 0.2) is 0 Å². The topological polar surface area (TPSA) is 47.7 Å². The van der Waals surface area contributed by atoms with E-state index in [9.17, 15) is 10.3 Å². The zero-order chi connectivity index (χ0) is 20.9. The molecule has 0 bridgehead atoms. The average Bonchev–Trinajstić information content (AvgIpc) is 2.84. The molecule has 2 nitrogen and oxygen atoms in total. The molecule has 0 radical (unpaired) electrons. The van der Waals surface area contributed by atoms with E-state index in [1.807, 2.05) is 72.8 Å². The number of hydrogen-bond acceptors (Lipinski definition) is 2. The van der Waals surface area contributed by atoms with Crippen LogP contribution in [-0.4, -0.2) is 12.3 Å². The van der Waals surface area contributed by atoms with Crippen LogP contribution in [0.2, 0.25) is 0 Å². The minimum atomic E-state index is -2.35. The molecule has 0 aliphatic rings. The fourth-order valence-electron chi connectivity index (χ4n) is 3.84. The second-order valence-electron chi connectivity index (χ2n) is 7.41. The largest absolute Gasteiger partial charge is 0.309 e. The number of rotatable bonds is 7. The zero-order valence-corrected chi connectivity index (χ0v) is 18.6. The monoisotopic (exact) mass is 428 g/mol. The van der Waals surface area contributed by atoms with E-state index in [1.54, 1.807) is 0 Å². The molecule has 0 aromatic heterocycles. The van der Waals surface area contributed by atoms with Crippen LogP contribution in [0.15, 0.2) is 121 Å². The van der Waals surface area contributed by atoms with E-state index in [2.05, 4.69) is 48.5 Å². The highest BCUT2D eigenvalue weighted by atomic mass is 31.2. The lowest BCUT2D eigenvalue weighted by Gasteiger charge is -2.29. The maximum absolute atomic E-state index is 9.65. The summed E-state index contributed by atoms with van der Waals surface area (Å²) in [4.78, 5) is 0. The zero-order valence-electron chi connectivity index (χ0n) is 16.9. The maximum Gasteiger partial charge on any atom is 0.0241 e. The third-order valence-corrected chi connectivity index (χ3v) is 12.4. The first-order chi connectivity index (χ1) is 14.6. The summed E-state index contributed by atoms with van der Waals surface area (Å²) in [5.41, 5.74) is 0. The Kier molecular flexibility index (Phi) is 6.18. The molecule has 0 amide bonds. The van der Waals surface area contributed by atoms with Crippen molar-refractivity contribution in [3.63, 3.8) is 0 Å². The van der Waals surface area contributed by atoms with Gasteiger partial charge in [0.25, 0.3) is 0 Å². The van der Waals surface area contributed by atoms with Crippen molar-refractivity contribution in [2.45, 2.75) is 0 Å². The smallest absolute Gasteiger partial charge is 0.0241 e. The highest BCUT2D eigenvalue weighted by molar-refractivity contribution is 7.83. The summed E-state index contributed by atoms with van der Waals surface area (Å²) in [5.74, 6) is 0. The van der Waals surface area contributed by atoms with Crippen LogP contribution in [0.1, 0.15) is 0 Å². The van der Waals surface area contributed by atoms with E-state index in [-0.39, 0.29) is 0 Å². The second-order valence-corrected chi connectivity index (χ2v) is 13.6. The Labute approximate surface area is 179 Å².